The number of nitrogens with one attached hydrogen (secondary N) is 4. The van der Waals surface area contributed by atoms with Gasteiger partial charge in [-0.15, -0.1) is 0 Å². The van der Waals surface area contributed by atoms with Crippen LogP contribution < -0.4 is 15.4 Å². The van der Waals surface area contributed by atoms with E-state index >= 15 is 0 Å². The molecule has 1 amide bonds. The van der Waals surface area contributed by atoms with Gasteiger partial charge in [0.25, 0.3) is 5.91 Å². The lowest BCUT2D eigenvalue weighted by molar-refractivity contribution is -0.110. The van der Waals surface area contributed by atoms with Gasteiger partial charge in [0.15, 0.2) is 0 Å². The molecule has 0 bridgehead atoms. The number of aromatic amines is 2. The fourth-order valence-electron chi connectivity index (χ4n) is 4.41. The molecule has 1 aliphatic rings. The molecule has 4 N–H and O–H groups in total. The summed E-state index contributed by atoms with van der Waals surface area (Å²) in [6.45, 7) is 0.628. The standard InChI is InChI=1S/C26H21N5O2/c1-33-22-11-12-27-21(22)13-18-23-19(29-25(18)32)9-10-20-24(23)31-26(30-20)28-14-16-7-4-6-15-5-2-3-8-17(15)16/h2-13,27H,14H2,1H3,(H,29,32)(H2,28,30,31). The third-order valence-electron chi connectivity index (χ3n) is 5.99. The average molecular weight is 435 g/mol. The van der Waals surface area contributed by atoms with Crippen molar-refractivity contribution in [3.63, 3.8) is 0 Å². The first-order chi connectivity index (χ1) is 16.2. The van der Waals surface area contributed by atoms with Crippen molar-refractivity contribution in [3.05, 3.63) is 83.7 Å². The number of benzene rings is 3. The fourth-order valence-corrected chi connectivity index (χ4v) is 4.41. The topological polar surface area (TPSA) is 94.8 Å². The molecule has 33 heavy (non-hydrogen) atoms. The summed E-state index contributed by atoms with van der Waals surface area (Å²) in [6.07, 6.45) is 3.58. The van der Waals surface area contributed by atoms with E-state index in [1.54, 1.807) is 19.4 Å². The van der Waals surface area contributed by atoms with Crippen LogP contribution in [-0.2, 0) is 11.3 Å². The van der Waals surface area contributed by atoms with E-state index in [0.717, 1.165) is 28.0 Å². The van der Waals surface area contributed by atoms with Gasteiger partial charge in [-0.2, -0.15) is 0 Å². The van der Waals surface area contributed by atoms with Gasteiger partial charge in [-0.25, -0.2) is 4.98 Å². The highest BCUT2D eigenvalue weighted by atomic mass is 16.5. The molecular formula is C26H21N5O2. The number of carbonyl (C=O) groups is 1. The molecule has 1 aliphatic heterocycles. The van der Waals surface area contributed by atoms with Crippen LogP contribution in [0.1, 0.15) is 16.8 Å². The Bertz CT molecular complexity index is 1550. The van der Waals surface area contributed by atoms with Crippen LogP contribution in [0.15, 0.2) is 66.9 Å². The third kappa shape index (κ3) is 3.22. The molecule has 162 valence electrons. The van der Waals surface area contributed by atoms with E-state index in [-0.39, 0.29) is 5.91 Å². The summed E-state index contributed by atoms with van der Waals surface area (Å²) in [5.41, 5.74) is 5.59. The molecule has 0 aliphatic carbocycles. The fraction of sp³-hybridized carbons (Fsp3) is 0.0769. The summed E-state index contributed by atoms with van der Waals surface area (Å²) in [5, 5.41) is 8.77. The maximum atomic E-state index is 12.8. The van der Waals surface area contributed by atoms with Crippen molar-refractivity contribution in [2.75, 3.05) is 17.7 Å². The minimum Gasteiger partial charge on any atom is -0.495 e. The lowest BCUT2D eigenvalue weighted by Gasteiger charge is -2.07. The lowest BCUT2D eigenvalue weighted by atomic mass is 10.0. The second-order valence-electron chi connectivity index (χ2n) is 7.93. The van der Waals surface area contributed by atoms with Crippen LogP contribution in [0.25, 0.3) is 33.5 Å². The summed E-state index contributed by atoms with van der Waals surface area (Å²) in [4.78, 5) is 24.0. The van der Waals surface area contributed by atoms with Gasteiger partial charge in [-0.05, 0) is 40.6 Å². The normalized spacial score (nSPS) is 14.1. The first kappa shape index (κ1) is 19.2. The number of amides is 1. The van der Waals surface area contributed by atoms with Crippen LogP contribution in [0.2, 0.25) is 0 Å². The van der Waals surface area contributed by atoms with Gasteiger partial charge in [0, 0.05) is 18.3 Å². The molecule has 0 saturated carbocycles. The minimum absolute atomic E-state index is 0.164. The molecule has 2 aromatic heterocycles. The van der Waals surface area contributed by atoms with E-state index < -0.39 is 0 Å². The predicted molar refractivity (Wildman–Crippen MR) is 131 cm³/mol. The van der Waals surface area contributed by atoms with Gasteiger partial charge in [-0.1, -0.05) is 42.5 Å². The number of anilines is 2. The zero-order valence-corrected chi connectivity index (χ0v) is 17.9. The maximum Gasteiger partial charge on any atom is 0.256 e. The van der Waals surface area contributed by atoms with Crippen molar-refractivity contribution in [2.24, 2.45) is 0 Å². The summed E-state index contributed by atoms with van der Waals surface area (Å²) in [5.74, 6) is 1.17. The van der Waals surface area contributed by atoms with E-state index in [4.69, 9.17) is 9.72 Å². The first-order valence-corrected chi connectivity index (χ1v) is 10.7. The zero-order valence-electron chi connectivity index (χ0n) is 17.9. The van der Waals surface area contributed by atoms with Gasteiger partial charge in [-0.3, -0.25) is 4.79 Å². The number of methoxy groups -OCH3 is 1. The lowest BCUT2D eigenvalue weighted by Crippen LogP contribution is -2.03. The van der Waals surface area contributed by atoms with Crippen molar-refractivity contribution in [2.45, 2.75) is 6.54 Å². The van der Waals surface area contributed by atoms with Gasteiger partial charge in [0.05, 0.1) is 29.6 Å². The molecule has 6 rings (SSSR count). The number of fused-ring (bicyclic) bond motifs is 4. The van der Waals surface area contributed by atoms with Gasteiger partial charge in [0.1, 0.15) is 11.3 Å². The highest BCUT2D eigenvalue weighted by Crippen LogP contribution is 2.39. The highest BCUT2D eigenvalue weighted by molar-refractivity contribution is 6.37. The molecule has 0 unspecified atom stereocenters. The summed E-state index contributed by atoms with van der Waals surface area (Å²) >= 11 is 0. The first-order valence-electron chi connectivity index (χ1n) is 10.7. The molecule has 7 nitrogen and oxygen atoms in total. The number of H-pyrrole nitrogens is 2. The molecule has 0 spiro atoms. The van der Waals surface area contributed by atoms with Crippen LogP contribution in [0.4, 0.5) is 11.6 Å². The van der Waals surface area contributed by atoms with Crippen LogP contribution in [0, 0.1) is 0 Å². The molecule has 0 fully saturated rings. The van der Waals surface area contributed by atoms with Crippen LogP contribution in [0.5, 0.6) is 5.75 Å². The summed E-state index contributed by atoms with van der Waals surface area (Å²) in [6, 6.07) is 20.3. The van der Waals surface area contributed by atoms with Crippen molar-refractivity contribution in [1.29, 1.82) is 0 Å². The van der Waals surface area contributed by atoms with Crippen LogP contribution in [-0.4, -0.2) is 28.0 Å². The average Bonchev–Trinajstić information content (AvgIpc) is 3.54. The molecule has 0 saturated heterocycles. The Labute approximate surface area is 189 Å². The Morgan fingerprint density at radius 3 is 2.85 bits per heavy atom. The molecule has 7 heteroatoms. The smallest absolute Gasteiger partial charge is 0.256 e. The Morgan fingerprint density at radius 1 is 1.06 bits per heavy atom. The SMILES string of the molecule is COc1cc[nH]c1C=C1C(=O)Nc2ccc3[nH]c(NCc4cccc5ccccc45)nc3c21. The molecule has 3 heterocycles. The van der Waals surface area contributed by atoms with Gasteiger partial charge in [0.2, 0.25) is 5.95 Å². The quantitative estimate of drug-likeness (QED) is 0.287. The Balaban J connectivity index is 1.37. The number of carbonyl (C=O) groups excluding carboxylic acids is 1. The zero-order chi connectivity index (χ0) is 22.4. The largest absolute Gasteiger partial charge is 0.495 e. The van der Waals surface area contributed by atoms with E-state index in [0.29, 0.717) is 23.8 Å². The van der Waals surface area contributed by atoms with Gasteiger partial charge >= 0.3 is 0 Å². The Kier molecular flexibility index (Phi) is 4.40. The summed E-state index contributed by atoms with van der Waals surface area (Å²) in [7, 11) is 1.60. The number of aromatic nitrogens is 3. The molecular weight excluding hydrogens is 414 g/mol. The summed E-state index contributed by atoms with van der Waals surface area (Å²) < 4.78 is 5.38. The van der Waals surface area contributed by atoms with E-state index in [1.165, 1.54) is 16.3 Å². The second kappa shape index (κ2) is 7.56. The number of imidazole rings is 1. The number of hydrogen-bond donors (Lipinski definition) is 4. The highest BCUT2D eigenvalue weighted by Gasteiger charge is 2.28. The third-order valence-corrected chi connectivity index (χ3v) is 5.99. The van der Waals surface area contributed by atoms with E-state index in [2.05, 4.69) is 50.9 Å². The molecule has 5 aromatic rings. The number of hydrogen-bond acceptors (Lipinski definition) is 4. The van der Waals surface area contributed by atoms with E-state index in [1.807, 2.05) is 30.3 Å². The van der Waals surface area contributed by atoms with Crippen molar-refractivity contribution < 1.29 is 9.53 Å². The van der Waals surface area contributed by atoms with Crippen molar-refractivity contribution in [3.8, 4) is 5.75 Å². The Hall–Kier alpha value is -4.52. The number of nitrogens with zero attached hydrogens (tertiary/aromatic N) is 1. The molecule has 0 atom stereocenters. The van der Waals surface area contributed by atoms with Crippen molar-refractivity contribution >= 4 is 51.0 Å². The Morgan fingerprint density at radius 2 is 1.94 bits per heavy atom. The maximum absolute atomic E-state index is 12.8. The van der Waals surface area contributed by atoms with E-state index in [9.17, 15) is 4.79 Å². The van der Waals surface area contributed by atoms with Crippen molar-refractivity contribution in [1.82, 2.24) is 15.0 Å². The van der Waals surface area contributed by atoms with Crippen LogP contribution >= 0.6 is 0 Å². The second-order valence-corrected chi connectivity index (χ2v) is 7.93. The molecule has 0 radical (unpaired) electrons. The number of ether oxygens (including phenoxy) is 1. The van der Waals surface area contributed by atoms with Crippen LogP contribution in [0.3, 0.4) is 0 Å². The number of rotatable bonds is 5. The van der Waals surface area contributed by atoms with Gasteiger partial charge < -0.3 is 25.3 Å². The molecule has 3 aromatic carbocycles. The minimum atomic E-state index is -0.164. The predicted octanol–water partition coefficient (Wildman–Crippen LogP) is 5.16. The monoisotopic (exact) mass is 435 g/mol.